The molecular weight excluding hydrogens is 309 g/mol. The number of hydrogen-bond acceptors (Lipinski definition) is 4. The van der Waals surface area contributed by atoms with Gasteiger partial charge in [0.15, 0.2) is 5.70 Å². The Morgan fingerprint density at radius 2 is 2.08 bits per heavy atom. The van der Waals surface area contributed by atoms with Crippen molar-refractivity contribution in [1.82, 2.24) is 0 Å². The third-order valence-electron chi connectivity index (χ3n) is 3.95. The number of esters is 1. The Balaban J connectivity index is 1.67. The highest BCUT2D eigenvalue weighted by Crippen LogP contribution is 2.30. The lowest BCUT2D eigenvalue weighted by atomic mass is 10.1. The Hall–Kier alpha value is -2.95. The second kappa shape index (κ2) is 5.60. The minimum atomic E-state index is -0.585. The molecule has 0 radical (unpaired) electrons. The first-order valence-electron chi connectivity index (χ1n) is 7.67. The summed E-state index contributed by atoms with van der Waals surface area (Å²) in [6.45, 7) is 2.01. The second-order valence-corrected chi connectivity index (χ2v) is 5.82. The van der Waals surface area contributed by atoms with Crippen molar-refractivity contribution < 1.29 is 18.7 Å². The number of nitrogens with zero attached hydrogens (tertiary/aromatic N) is 1. The van der Waals surface area contributed by atoms with Gasteiger partial charge in [0.2, 0.25) is 5.90 Å². The van der Waals surface area contributed by atoms with E-state index >= 15 is 0 Å². The number of halogens is 1. The number of fused-ring (bicyclic) bond motifs is 1. The van der Waals surface area contributed by atoms with Gasteiger partial charge in [0.1, 0.15) is 17.7 Å². The van der Waals surface area contributed by atoms with Crippen LogP contribution in [0.5, 0.6) is 5.75 Å². The van der Waals surface area contributed by atoms with Crippen molar-refractivity contribution in [2.24, 2.45) is 4.99 Å². The highest BCUT2D eigenvalue weighted by atomic mass is 19.1. The van der Waals surface area contributed by atoms with Crippen LogP contribution in [0.3, 0.4) is 0 Å². The minimum Gasteiger partial charge on any atom is -0.490 e. The van der Waals surface area contributed by atoms with Crippen LogP contribution in [0.2, 0.25) is 0 Å². The molecule has 2 aromatic rings. The van der Waals surface area contributed by atoms with Gasteiger partial charge in [-0.3, -0.25) is 0 Å². The maximum Gasteiger partial charge on any atom is 0.363 e. The number of aliphatic imine (C=N–C) groups is 1. The molecule has 0 N–H and O–H groups in total. The zero-order valence-electron chi connectivity index (χ0n) is 13.0. The molecule has 4 rings (SSSR count). The molecule has 2 aliphatic heterocycles. The summed E-state index contributed by atoms with van der Waals surface area (Å²) in [4.78, 5) is 16.1. The number of carbonyl (C=O) groups excluding carboxylic acids is 1. The normalized spacial score (nSPS) is 20.6. The van der Waals surface area contributed by atoms with E-state index < -0.39 is 11.8 Å². The van der Waals surface area contributed by atoms with Crippen molar-refractivity contribution in [3.63, 3.8) is 0 Å². The van der Waals surface area contributed by atoms with Crippen LogP contribution in [0, 0.1) is 5.82 Å². The molecule has 2 heterocycles. The predicted octanol–water partition coefficient (Wildman–Crippen LogP) is 3.49. The number of benzene rings is 2. The molecule has 0 aromatic heterocycles. The van der Waals surface area contributed by atoms with Gasteiger partial charge in [0.05, 0.1) is 5.56 Å². The molecule has 0 fully saturated rings. The number of rotatable bonds is 2. The maximum atomic E-state index is 13.8. The fourth-order valence-electron chi connectivity index (χ4n) is 2.85. The van der Waals surface area contributed by atoms with E-state index in [4.69, 9.17) is 9.47 Å². The maximum absolute atomic E-state index is 13.8. The summed E-state index contributed by atoms with van der Waals surface area (Å²) in [5.74, 6) is -0.205. The van der Waals surface area contributed by atoms with E-state index in [1.54, 1.807) is 18.2 Å². The Morgan fingerprint density at radius 1 is 1.25 bits per heavy atom. The highest BCUT2D eigenvalue weighted by Gasteiger charge is 2.26. The summed E-state index contributed by atoms with van der Waals surface area (Å²) < 4.78 is 24.6. The van der Waals surface area contributed by atoms with Gasteiger partial charge in [-0.05, 0) is 48.4 Å². The van der Waals surface area contributed by atoms with Crippen molar-refractivity contribution >= 4 is 17.9 Å². The fraction of sp³-hybridized carbons (Fsp3) is 0.158. The molecule has 1 atom stereocenters. The van der Waals surface area contributed by atoms with E-state index in [9.17, 15) is 9.18 Å². The molecule has 120 valence electrons. The number of carbonyl (C=O) groups is 1. The van der Waals surface area contributed by atoms with Gasteiger partial charge in [-0.2, -0.15) is 0 Å². The summed E-state index contributed by atoms with van der Waals surface area (Å²) >= 11 is 0. The quantitative estimate of drug-likeness (QED) is 0.628. The first-order chi connectivity index (χ1) is 11.6. The average Bonchev–Trinajstić information content (AvgIpc) is 3.09. The number of hydrogen-bond donors (Lipinski definition) is 0. The monoisotopic (exact) mass is 323 g/mol. The molecule has 0 saturated carbocycles. The van der Waals surface area contributed by atoms with Crippen molar-refractivity contribution in [2.45, 2.75) is 19.4 Å². The summed E-state index contributed by atoms with van der Waals surface area (Å²) in [6.07, 6.45) is 2.63. The Labute approximate surface area is 138 Å². The minimum absolute atomic E-state index is 0.0116. The van der Waals surface area contributed by atoms with Crippen LogP contribution in [0.4, 0.5) is 4.39 Å². The van der Waals surface area contributed by atoms with Crippen LogP contribution in [-0.2, 0) is 16.0 Å². The molecule has 0 saturated heterocycles. The molecule has 2 aromatic carbocycles. The van der Waals surface area contributed by atoms with Crippen LogP contribution >= 0.6 is 0 Å². The Kier molecular flexibility index (Phi) is 3.41. The SMILES string of the molecule is C[C@H]1Cc2cc(/C=C3\N=C(c4ccccc4F)OC3=O)ccc2O1. The van der Waals surface area contributed by atoms with Gasteiger partial charge in [-0.25, -0.2) is 14.2 Å². The molecule has 2 aliphatic rings. The summed E-state index contributed by atoms with van der Waals surface area (Å²) in [6, 6.07) is 11.8. The molecule has 4 nitrogen and oxygen atoms in total. The van der Waals surface area contributed by atoms with Crippen LogP contribution < -0.4 is 4.74 Å². The second-order valence-electron chi connectivity index (χ2n) is 5.82. The summed E-state index contributed by atoms with van der Waals surface area (Å²) in [7, 11) is 0. The van der Waals surface area contributed by atoms with Gasteiger partial charge in [-0.15, -0.1) is 0 Å². The van der Waals surface area contributed by atoms with Gasteiger partial charge < -0.3 is 9.47 Å². The summed E-state index contributed by atoms with van der Waals surface area (Å²) in [5.41, 5.74) is 2.25. The predicted molar refractivity (Wildman–Crippen MR) is 87.2 cm³/mol. The molecule has 24 heavy (non-hydrogen) atoms. The van der Waals surface area contributed by atoms with Gasteiger partial charge in [-0.1, -0.05) is 18.2 Å². The molecular formula is C19H14FNO3. The molecule has 5 heteroatoms. The van der Waals surface area contributed by atoms with Crippen LogP contribution in [-0.4, -0.2) is 18.0 Å². The first kappa shape index (κ1) is 14.6. The molecule has 0 bridgehead atoms. The van der Waals surface area contributed by atoms with E-state index in [0.29, 0.717) is 0 Å². The molecule has 0 aliphatic carbocycles. The smallest absolute Gasteiger partial charge is 0.363 e. The van der Waals surface area contributed by atoms with E-state index in [1.165, 1.54) is 12.1 Å². The lowest BCUT2D eigenvalue weighted by molar-refractivity contribution is -0.129. The molecule has 0 amide bonds. The van der Waals surface area contributed by atoms with Crippen molar-refractivity contribution in [2.75, 3.05) is 0 Å². The average molecular weight is 323 g/mol. The van der Waals surface area contributed by atoms with Gasteiger partial charge in [0.25, 0.3) is 0 Å². The highest BCUT2D eigenvalue weighted by molar-refractivity contribution is 6.12. The molecule has 0 unspecified atom stereocenters. The summed E-state index contributed by atoms with van der Waals surface area (Å²) in [5, 5.41) is 0. The first-order valence-corrected chi connectivity index (χ1v) is 7.67. The Bertz CT molecular complexity index is 901. The topological polar surface area (TPSA) is 47.9 Å². The zero-order chi connectivity index (χ0) is 16.7. The van der Waals surface area contributed by atoms with E-state index in [-0.39, 0.29) is 23.3 Å². The van der Waals surface area contributed by atoms with E-state index in [0.717, 1.165) is 23.3 Å². The fourth-order valence-corrected chi connectivity index (χ4v) is 2.85. The van der Waals surface area contributed by atoms with Crippen molar-refractivity contribution in [3.8, 4) is 5.75 Å². The van der Waals surface area contributed by atoms with Crippen LogP contribution in [0.25, 0.3) is 6.08 Å². The third-order valence-corrected chi connectivity index (χ3v) is 3.95. The third kappa shape index (κ3) is 2.58. The standard InChI is InChI=1S/C19H14FNO3/c1-11-8-13-9-12(6-7-17(13)23-11)10-16-19(22)24-18(21-16)14-4-2-3-5-15(14)20/h2-7,9-11H,8H2,1H3/b16-10-/t11-/m0/s1. The van der Waals surface area contributed by atoms with Crippen molar-refractivity contribution in [1.29, 1.82) is 0 Å². The van der Waals surface area contributed by atoms with Crippen molar-refractivity contribution in [3.05, 3.63) is 70.7 Å². The lowest BCUT2D eigenvalue weighted by Gasteiger charge is -2.02. The van der Waals surface area contributed by atoms with E-state index in [2.05, 4.69) is 4.99 Å². The Morgan fingerprint density at radius 3 is 2.92 bits per heavy atom. The molecule has 0 spiro atoms. The number of cyclic esters (lactones) is 1. The lowest BCUT2D eigenvalue weighted by Crippen LogP contribution is -2.07. The zero-order valence-corrected chi connectivity index (χ0v) is 13.0. The van der Waals surface area contributed by atoms with Crippen LogP contribution in [0.1, 0.15) is 23.6 Å². The largest absolute Gasteiger partial charge is 0.490 e. The van der Waals surface area contributed by atoms with Gasteiger partial charge in [0, 0.05) is 6.42 Å². The van der Waals surface area contributed by atoms with Crippen LogP contribution in [0.15, 0.2) is 53.2 Å². The van der Waals surface area contributed by atoms with E-state index in [1.807, 2.05) is 25.1 Å². The van der Waals surface area contributed by atoms with Gasteiger partial charge >= 0.3 is 5.97 Å². The number of ether oxygens (including phenoxy) is 2.